The first-order valence-corrected chi connectivity index (χ1v) is 14.8. The van der Waals surface area contributed by atoms with Crippen molar-refractivity contribution in [1.82, 2.24) is 0 Å². The van der Waals surface area contributed by atoms with Crippen LogP contribution in [-0.4, -0.2) is 11.8 Å². The highest BCUT2D eigenvalue weighted by molar-refractivity contribution is 6.43. The van der Waals surface area contributed by atoms with Crippen molar-refractivity contribution in [2.24, 2.45) is 0 Å². The van der Waals surface area contributed by atoms with Crippen molar-refractivity contribution in [3.63, 3.8) is 0 Å². The summed E-state index contributed by atoms with van der Waals surface area (Å²) in [5.41, 5.74) is 3.18. The van der Waals surface area contributed by atoms with E-state index < -0.39 is 17.2 Å². The molecule has 0 saturated heterocycles. The second kappa shape index (κ2) is 9.12. The lowest BCUT2D eigenvalue weighted by Gasteiger charge is -2.34. The van der Waals surface area contributed by atoms with E-state index in [1.165, 1.54) is 4.90 Å². The van der Waals surface area contributed by atoms with E-state index in [9.17, 15) is 25.4 Å². The van der Waals surface area contributed by atoms with Crippen molar-refractivity contribution in [2.75, 3.05) is 4.90 Å². The lowest BCUT2D eigenvalue weighted by atomic mass is 9.79. The molecule has 7 rings (SSSR count). The van der Waals surface area contributed by atoms with Crippen LogP contribution in [0.25, 0.3) is 43.1 Å². The Balaban J connectivity index is 1.66. The Labute approximate surface area is 260 Å². The van der Waals surface area contributed by atoms with Gasteiger partial charge in [0.15, 0.2) is 0 Å². The molecule has 6 nitrogen and oxygen atoms in total. The Morgan fingerprint density at radius 3 is 1.64 bits per heavy atom. The van der Waals surface area contributed by atoms with Gasteiger partial charge in [0.2, 0.25) is 0 Å². The number of anilines is 1. The summed E-state index contributed by atoms with van der Waals surface area (Å²) in [5, 5.41) is 35.9. The van der Waals surface area contributed by atoms with E-state index in [4.69, 9.17) is 0 Å². The van der Waals surface area contributed by atoms with Crippen molar-refractivity contribution in [3.05, 3.63) is 99.6 Å². The second-order valence-electron chi connectivity index (χ2n) is 13.8. The minimum absolute atomic E-state index is 0.243. The van der Waals surface area contributed by atoms with E-state index in [0.717, 1.165) is 27.3 Å². The summed E-state index contributed by atoms with van der Waals surface area (Å²) in [6.07, 6.45) is 0. The zero-order valence-corrected chi connectivity index (χ0v) is 25.9. The summed E-state index contributed by atoms with van der Waals surface area (Å²) in [6.45, 7) is 12.4. The molecule has 216 valence electrons. The fourth-order valence-corrected chi connectivity index (χ4v) is 7.00. The SMILES string of the molecule is CC(C)(C)c1ccc(C(C)(C)C)c(N2C(=O)c3cc(C#N)c4c5cccc6c(C#N)ccc(c7c(C#N)cc(c3c47)C2=O)c65)c1. The number of fused-ring (bicyclic) bond motifs is 2. The largest absolute Gasteiger partial charge is 0.268 e. The molecule has 0 fully saturated rings. The van der Waals surface area contributed by atoms with E-state index in [0.29, 0.717) is 38.2 Å². The second-order valence-corrected chi connectivity index (χ2v) is 13.8. The van der Waals surface area contributed by atoms with Crippen LogP contribution in [0.1, 0.15) is 90.1 Å². The number of carbonyl (C=O) groups is 2. The highest BCUT2D eigenvalue weighted by Crippen LogP contribution is 2.48. The van der Waals surface area contributed by atoms with Gasteiger partial charge in [-0.15, -0.1) is 0 Å². The van der Waals surface area contributed by atoms with Crippen molar-refractivity contribution in [3.8, 4) is 18.2 Å². The number of hydrogen-bond acceptors (Lipinski definition) is 5. The molecular formula is C39H28N4O2. The molecule has 0 atom stereocenters. The maximum absolute atomic E-state index is 14.6. The number of carbonyl (C=O) groups excluding carboxylic acids is 2. The molecule has 0 N–H and O–H groups in total. The maximum Gasteiger partial charge on any atom is 0.266 e. The summed E-state index contributed by atoms with van der Waals surface area (Å²) in [5.74, 6) is -1.02. The third-order valence-corrected chi connectivity index (χ3v) is 9.13. The maximum atomic E-state index is 14.6. The topological polar surface area (TPSA) is 109 Å². The highest BCUT2D eigenvalue weighted by atomic mass is 16.2. The van der Waals surface area contributed by atoms with Crippen LogP contribution in [0.5, 0.6) is 0 Å². The molecule has 45 heavy (non-hydrogen) atoms. The van der Waals surface area contributed by atoms with Crippen LogP contribution in [0, 0.1) is 34.0 Å². The van der Waals surface area contributed by atoms with Gasteiger partial charge in [0, 0.05) is 26.9 Å². The number of nitrogens with zero attached hydrogens (tertiary/aromatic N) is 4. The molecular weight excluding hydrogens is 556 g/mol. The molecule has 6 aromatic rings. The van der Waals surface area contributed by atoms with Crippen molar-refractivity contribution < 1.29 is 9.59 Å². The van der Waals surface area contributed by atoms with E-state index in [1.54, 1.807) is 18.2 Å². The van der Waals surface area contributed by atoms with Gasteiger partial charge >= 0.3 is 0 Å². The van der Waals surface area contributed by atoms with Gasteiger partial charge in [-0.1, -0.05) is 77.9 Å². The minimum Gasteiger partial charge on any atom is -0.268 e. The van der Waals surface area contributed by atoms with Gasteiger partial charge in [-0.05, 0) is 62.4 Å². The standard InChI is InChI=1S/C39H28N4O2/c1-38(2,3)23-11-13-29(39(4,5)6)30(16-23)43-36(44)27-14-21(18-41)31-25-9-7-8-24-20(17-40)10-12-26(33(24)25)32-22(19-42)15-28(37(43)45)34(27)35(31)32/h7-16H,1-6H3. The van der Waals surface area contributed by atoms with E-state index in [1.807, 2.05) is 63.2 Å². The molecule has 1 heterocycles. The summed E-state index contributed by atoms with van der Waals surface area (Å²) in [6, 6.07) is 25.1. The first-order valence-electron chi connectivity index (χ1n) is 14.8. The molecule has 0 saturated carbocycles. The van der Waals surface area contributed by atoms with Gasteiger partial charge in [-0.2, -0.15) is 15.8 Å². The number of amides is 2. The van der Waals surface area contributed by atoms with Crippen molar-refractivity contribution >= 4 is 60.6 Å². The lowest BCUT2D eigenvalue weighted by molar-refractivity contribution is 0.0893. The molecule has 1 aliphatic rings. The molecule has 0 bridgehead atoms. The van der Waals surface area contributed by atoms with Gasteiger partial charge in [-0.25, -0.2) is 4.90 Å². The average Bonchev–Trinajstić information content (AvgIpc) is 3.00. The van der Waals surface area contributed by atoms with Crippen LogP contribution in [0.15, 0.2) is 60.7 Å². The number of rotatable bonds is 1. The van der Waals surface area contributed by atoms with E-state index in [-0.39, 0.29) is 27.7 Å². The first-order chi connectivity index (χ1) is 21.3. The smallest absolute Gasteiger partial charge is 0.266 e. The van der Waals surface area contributed by atoms with Crippen molar-refractivity contribution in [1.29, 1.82) is 15.8 Å². The molecule has 0 aromatic heterocycles. The summed E-state index contributed by atoms with van der Waals surface area (Å²) in [7, 11) is 0. The Kier molecular flexibility index (Phi) is 5.68. The quantitative estimate of drug-likeness (QED) is 0.109. The zero-order valence-electron chi connectivity index (χ0n) is 25.9. The Morgan fingerprint density at radius 1 is 0.556 bits per heavy atom. The Hall–Kier alpha value is -5.77. The minimum atomic E-state index is -0.508. The van der Waals surface area contributed by atoms with Gasteiger partial charge in [0.05, 0.1) is 51.7 Å². The van der Waals surface area contributed by atoms with Gasteiger partial charge in [0.25, 0.3) is 11.8 Å². The summed E-state index contributed by atoms with van der Waals surface area (Å²) in [4.78, 5) is 30.5. The Morgan fingerprint density at radius 2 is 1.11 bits per heavy atom. The highest BCUT2D eigenvalue weighted by Gasteiger charge is 2.39. The van der Waals surface area contributed by atoms with Crippen LogP contribution in [0.4, 0.5) is 5.69 Å². The van der Waals surface area contributed by atoms with E-state index in [2.05, 4.69) is 39.0 Å². The van der Waals surface area contributed by atoms with Crippen LogP contribution < -0.4 is 4.90 Å². The molecule has 0 radical (unpaired) electrons. The van der Waals surface area contributed by atoms with Gasteiger partial charge in [0.1, 0.15) is 0 Å². The van der Waals surface area contributed by atoms with Crippen LogP contribution >= 0.6 is 0 Å². The number of benzene rings is 6. The molecule has 0 spiro atoms. The van der Waals surface area contributed by atoms with Gasteiger partial charge in [-0.3, -0.25) is 9.59 Å². The molecule has 6 heteroatoms. The number of nitriles is 3. The number of hydrogen-bond donors (Lipinski definition) is 0. The molecule has 0 unspecified atom stereocenters. The van der Waals surface area contributed by atoms with Gasteiger partial charge < -0.3 is 0 Å². The molecule has 0 aliphatic carbocycles. The molecule has 6 aromatic carbocycles. The third-order valence-electron chi connectivity index (χ3n) is 9.13. The average molecular weight is 585 g/mol. The monoisotopic (exact) mass is 584 g/mol. The lowest BCUT2D eigenvalue weighted by Crippen LogP contribution is -2.42. The van der Waals surface area contributed by atoms with Crippen LogP contribution in [0.3, 0.4) is 0 Å². The predicted molar refractivity (Wildman–Crippen MR) is 177 cm³/mol. The fourth-order valence-electron chi connectivity index (χ4n) is 7.00. The summed E-state index contributed by atoms with van der Waals surface area (Å²) >= 11 is 0. The zero-order chi connectivity index (χ0) is 32.2. The van der Waals surface area contributed by atoms with Crippen molar-refractivity contribution in [2.45, 2.75) is 52.4 Å². The molecule has 1 aliphatic heterocycles. The third kappa shape index (κ3) is 3.71. The fraction of sp³-hybridized carbons (Fsp3) is 0.205. The van der Waals surface area contributed by atoms with Crippen LogP contribution in [-0.2, 0) is 10.8 Å². The normalized spacial score (nSPS) is 13.5. The first kappa shape index (κ1) is 28.0. The predicted octanol–water partition coefficient (Wildman–Crippen LogP) is 8.75. The number of imide groups is 1. The molecule has 2 amide bonds. The van der Waals surface area contributed by atoms with E-state index >= 15 is 0 Å². The Bertz CT molecular complexity index is 2380. The van der Waals surface area contributed by atoms with Crippen LogP contribution in [0.2, 0.25) is 0 Å². The summed E-state index contributed by atoms with van der Waals surface area (Å²) < 4.78 is 0.